The number of fused-ring (bicyclic) bond motifs is 1. The van der Waals surface area contributed by atoms with Crippen molar-refractivity contribution in [2.75, 3.05) is 11.5 Å². The Balaban J connectivity index is 1.88. The highest BCUT2D eigenvalue weighted by molar-refractivity contribution is 7.91. The normalized spacial score (nSPS) is 20.5. The summed E-state index contributed by atoms with van der Waals surface area (Å²) in [5.74, 6) is -0.528. The van der Waals surface area contributed by atoms with Gasteiger partial charge in [0.1, 0.15) is 5.56 Å². The Morgan fingerprint density at radius 1 is 1.29 bits per heavy atom. The third-order valence-electron chi connectivity index (χ3n) is 3.57. The summed E-state index contributed by atoms with van der Waals surface area (Å²) in [5, 5.41) is 3.37. The number of pyridine rings is 1. The highest BCUT2D eigenvalue weighted by atomic mass is 32.2. The number of amides is 1. The van der Waals surface area contributed by atoms with Crippen molar-refractivity contribution >= 4 is 26.6 Å². The second-order valence-corrected chi connectivity index (χ2v) is 7.40. The summed E-state index contributed by atoms with van der Waals surface area (Å²) in [6.45, 7) is 0. The molecular formula is C14H14N2O4S. The number of nitrogens with one attached hydrogen (secondary N) is 2. The van der Waals surface area contributed by atoms with Crippen LogP contribution in [-0.4, -0.2) is 36.9 Å². The van der Waals surface area contributed by atoms with E-state index in [0.29, 0.717) is 11.9 Å². The zero-order chi connectivity index (χ0) is 15.0. The number of aromatic nitrogens is 1. The van der Waals surface area contributed by atoms with Crippen molar-refractivity contribution in [2.45, 2.75) is 12.5 Å². The first-order chi connectivity index (χ1) is 9.94. The molecule has 0 saturated carbocycles. The molecule has 0 aliphatic carbocycles. The van der Waals surface area contributed by atoms with Crippen LogP contribution in [0.1, 0.15) is 16.8 Å². The topological polar surface area (TPSA) is 96.1 Å². The van der Waals surface area contributed by atoms with Gasteiger partial charge in [-0.3, -0.25) is 9.59 Å². The lowest BCUT2D eigenvalue weighted by Crippen LogP contribution is -2.38. The molecule has 1 aromatic carbocycles. The van der Waals surface area contributed by atoms with E-state index >= 15 is 0 Å². The number of aromatic amines is 1. The van der Waals surface area contributed by atoms with Crippen LogP contribution in [0.3, 0.4) is 0 Å². The molecule has 21 heavy (non-hydrogen) atoms. The van der Waals surface area contributed by atoms with Crippen molar-refractivity contribution in [3.63, 3.8) is 0 Å². The molecule has 1 amide bonds. The Kier molecular flexibility index (Phi) is 3.29. The Hall–Kier alpha value is -2.15. The number of carbonyl (C=O) groups is 1. The molecule has 0 bridgehead atoms. The largest absolute Gasteiger partial charge is 0.348 e. The standard InChI is InChI=1S/C14H14N2O4S/c17-13(15-10-5-6-21(19,20)8-10)11-7-9-3-1-2-4-12(9)16-14(11)18/h1-4,7,10H,5-6,8H2,(H,15,17)(H,16,18). The fraction of sp³-hybridized carbons (Fsp3) is 0.286. The molecule has 1 aliphatic heterocycles. The molecule has 110 valence electrons. The molecule has 1 fully saturated rings. The lowest BCUT2D eigenvalue weighted by molar-refractivity contribution is 0.0940. The van der Waals surface area contributed by atoms with E-state index in [1.165, 1.54) is 6.07 Å². The Bertz CT molecular complexity index is 870. The SMILES string of the molecule is O=C(NC1CCS(=O)(=O)C1)c1cc2ccccc2[nH]c1=O. The third kappa shape index (κ3) is 2.82. The number of rotatable bonds is 2. The number of hydrogen-bond acceptors (Lipinski definition) is 4. The minimum atomic E-state index is -3.07. The molecule has 3 rings (SSSR count). The van der Waals surface area contributed by atoms with Crippen LogP contribution in [0.4, 0.5) is 0 Å². The lowest BCUT2D eigenvalue weighted by Gasteiger charge is -2.10. The summed E-state index contributed by atoms with van der Waals surface area (Å²) in [6.07, 6.45) is 0.388. The van der Waals surface area contributed by atoms with Gasteiger partial charge in [0.15, 0.2) is 9.84 Å². The quantitative estimate of drug-likeness (QED) is 0.841. The molecule has 7 heteroatoms. The molecule has 1 atom stereocenters. The molecule has 0 spiro atoms. The predicted octanol–water partition coefficient (Wildman–Crippen LogP) is 0.445. The molecule has 1 aliphatic rings. The smallest absolute Gasteiger partial charge is 0.261 e. The van der Waals surface area contributed by atoms with E-state index in [9.17, 15) is 18.0 Å². The van der Waals surface area contributed by atoms with Crippen molar-refractivity contribution in [2.24, 2.45) is 0 Å². The molecular weight excluding hydrogens is 292 g/mol. The molecule has 2 aromatic rings. The van der Waals surface area contributed by atoms with Crippen LogP contribution in [0.25, 0.3) is 10.9 Å². The molecule has 1 unspecified atom stereocenters. The number of hydrogen-bond donors (Lipinski definition) is 2. The van der Waals surface area contributed by atoms with Gasteiger partial charge >= 0.3 is 0 Å². The van der Waals surface area contributed by atoms with Gasteiger partial charge in [-0.1, -0.05) is 18.2 Å². The van der Waals surface area contributed by atoms with Crippen molar-refractivity contribution in [3.05, 3.63) is 46.2 Å². The summed E-state index contributed by atoms with van der Waals surface area (Å²) >= 11 is 0. The van der Waals surface area contributed by atoms with Crippen molar-refractivity contribution < 1.29 is 13.2 Å². The first-order valence-corrected chi connectivity index (χ1v) is 8.40. The van der Waals surface area contributed by atoms with E-state index in [4.69, 9.17) is 0 Å². The van der Waals surface area contributed by atoms with Crippen LogP contribution in [0.5, 0.6) is 0 Å². The van der Waals surface area contributed by atoms with Gasteiger partial charge in [-0.25, -0.2) is 8.42 Å². The lowest BCUT2D eigenvalue weighted by atomic mass is 10.1. The van der Waals surface area contributed by atoms with E-state index in [-0.39, 0.29) is 17.1 Å². The van der Waals surface area contributed by atoms with Gasteiger partial charge in [0.05, 0.1) is 11.5 Å². The van der Waals surface area contributed by atoms with E-state index < -0.39 is 27.3 Å². The Morgan fingerprint density at radius 3 is 2.76 bits per heavy atom. The average Bonchev–Trinajstić information content (AvgIpc) is 2.77. The number of para-hydroxylation sites is 1. The highest BCUT2D eigenvalue weighted by Crippen LogP contribution is 2.13. The molecule has 0 radical (unpaired) electrons. The highest BCUT2D eigenvalue weighted by Gasteiger charge is 2.29. The van der Waals surface area contributed by atoms with Gasteiger partial charge in [0.2, 0.25) is 0 Å². The zero-order valence-corrected chi connectivity index (χ0v) is 11.9. The summed E-state index contributed by atoms with van der Waals surface area (Å²) in [4.78, 5) is 26.7. The van der Waals surface area contributed by atoms with Gasteiger partial charge in [0.25, 0.3) is 11.5 Å². The van der Waals surface area contributed by atoms with E-state index in [1.54, 1.807) is 18.2 Å². The van der Waals surface area contributed by atoms with Gasteiger partial charge in [-0.05, 0) is 23.9 Å². The molecule has 2 heterocycles. The zero-order valence-electron chi connectivity index (χ0n) is 11.1. The molecule has 2 N–H and O–H groups in total. The molecule has 1 aromatic heterocycles. The van der Waals surface area contributed by atoms with Gasteiger partial charge < -0.3 is 10.3 Å². The second kappa shape index (κ2) is 5.00. The molecule has 6 nitrogen and oxygen atoms in total. The first kappa shape index (κ1) is 13.8. The maximum atomic E-state index is 12.2. The van der Waals surface area contributed by atoms with Crippen LogP contribution in [0.2, 0.25) is 0 Å². The van der Waals surface area contributed by atoms with E-state index in [1.807, 2.05) is 6.07 Å². The third-order valence-corrected chi connectivity index (χ3v) is 5.33. The summed E-state index contributed by atoms with van der Waals surface area (Å²) in [7, 11) is -3.07. The van der Waals surface area contributed by atoms with E-state index in [0.717, 1.165) is 5.39 Å². The summed E-state index contributed by atoms with van der Waals surface area (Å²) < 4.78 is 22.8. The number of benzene rings is 1. The van der Waals surface area contributed by atoms with Crippen molar-refractivity contribution in [1.82, 2.24) is 10.3 Å². The number of H-pyrrole nitrogens is 1. The van der Waals surface area contributed by atoms with Crippen molar-refractivity contribution in [3.8, 4) is 0 Å². The van der Waals surface area contributed by atoms with Gasteiger partial charge in [-0.15, -0.1) is 0 Å². The van der Waals surface area contributed by atoms with Crippen LogP contribution < -0.4 is 10.9 Å². The number of sulfone groups is 1. The van der Waals surface area contributed by atoms with E-state index in [2.05, 4.69) is 10.3 Å². The Morgan fingerprint density at radius 2 is 2.05 bits per heavy atom. The average molecular weight is 306 g/mol. The summed E-state index contributed by atoms with van der Waals surface area (Å²) in [5.41, 5.74) is 0.174. The van der Waals surface area contributed by atoms with Crippen LogP contribution in [-0.2, 0) is 9.84 Å². The van der Waals surface area contributed by atoms with Crippen LogP contribution in [0.15, 0.2) is 35.1 Å². The van der Waals surface area contributed by atoms with Gasteiger partial charge in [0, 0.05) is 11.6 Å². The fourth-order valence-electron chi connectivity index (χ4n) is 2.49. The maximum Gasteiger partial charge on any atom is 0.261 e. The minimum absolute atomic E-state index is 0.00185. The van der Waals surface area contributed by atoms with Gasteiger partial charge in [-0.2, -0.15) is 0 Å². The second-order valence-electron chi connectivity index (χ2n) is 5.17. The fourth-order valence-corrected chi connectivity index (χ4v) is 4.16. The Labute approximate surface area is 121 Å². The number of carbonyl (C=O) groups excluding carboxylic acids is 1. The van der Waals surface area contributed by atoms with Crippen molar-refractivity contribution in [1.29, 1.82) is 0 Å². The van der Waals surface area contributed by atoms with Crippen LogP contribution in [0, 0.1) is 0 Å². The minimum Gasteiger partial charge on any atom is -0.348 e. The predicted molar refractivity (Wildman–Crippen MR) is 79.1 cm³/mol. The first-order valence-electron chi connectivity index (χ1n) is 6.58. The molecule has 1 saturated heterocycles. The summed E-state index contributed by atoms with van der Waals surface area (Å²) in [6, 6.07) is 8.25. The van der Waals surface area contributed by atoms with Crippen LogP contribution >= 0.6 is 0 Å². The maximum absolute atomic E-state index is 12.2. The monoisotopic (exact) mass is 306 g/mol.